The highest BCUT2D eigenvalue weighted by atomic mass is 15.2. The van der Waals surface area contributed by atoms with Gasteiger partial charge in [-0.05, 0) is 37.9 Å². The van der Waals surface area contributed by atoms with Gasteiger partial charge in [0.15, 0.2) is 0 Å². The molecule has 2 rings (SSSR count). The largest absolute Gasteiger partial charge is 0.312 e. The molecule has 0 spiro atoms. The van der Waals surface area contributed by atoms with Crippen molar-refractivity contribution in [3.8, 4) is 0 Å². The van der Waals surface area contributed by atoms with Gasteiger partial charge in [0.05, 0.1) is 0 Å². The Morgan fingerprint density at radius 1 is 1.53 bits per heavy atom. The van der Waals surface area contributed by atoms with E-state index in [2.05, 4.69) is 35.2 Å². The number of likely N-dealkylation sites (N-methyl/N-ethyl adjacent to an activating group) is 1. The van der Waals surface area contributed by atoms with E-state index in [0.29, 0.717) is 6.04 Å². The van der Waals surface area contributed by atoms with Crippen molar-refractivity contribution in [2.75, 3.05) is 13.6 Å². The molecule has 1 unspecified atom stereocenters. The second kappa shape index (κ2) is 6.12. The van der Waals surface area contributed by atoms with Gasteiger partial charge in [-0.2, -0.15) is 0 Å². The van der Waals surface area contributed by atoms with Crippen molar-refractivity contribution in [3.05, 3.63) is 30.1 Å². The van der Waals surface area contributed by atoms with Crippen molar-refractivity contribution < 1.29 is 0 Å². The van der Waals surface area contributed by atoms with Gasteiger partial charge in [-0.3, -0.25) is 9.88 Å². The summed E-state index contributed by atoms with van der Waals surface area (Å²) in [7, 11) is 2.20. The Bertz CT molecular complexity index is 321. The number of nitrogens with one attached hydrogen (secondary N) is 1. The van der Waals surface area contributed by atoms with Gasteiger partial charge in [0.1, 0.15) is 0 Å². The maximum atomic E-state index is 4.16. The molecule has 3 heteroatoms. The van der Waals surface area contributed by atoms with Crippen LogP contribution >= 0.6 is 0 Å². The number of nitrogens with zero attached hydrogens (tertiary/aromatic N) is 2. The van der Waals surface area contributed by atoms with Crippen molar-refractivity contribution in [1.29, 1.82) is 0 Å². The monoisotopic (exact) mass is 233 g/mol. The minimum absolute atomic E-state index is 0.621. The van der Waals surface area contributed by atoms with Crippen LogP contribution in [0.1, 0.15) is 31.7 Å². The first-order valence-electron chi connectivity index (χ1n) is 6.62. The summed E-state index contributed by atoms with van der Waals surface area (Å²) in [6.45, 7) is 4.36. The lowest BCUT2D eigenvalue weighted by Gasteiger charge is -2.27. The first-order valence-corrected chi connectivity index (χ1v) is 6.62. The highest BCUT2D eigenvalue weighted by Gasteiger charge is 2.22. The molecule has 1 aromatic heterocycles. The van der Waals surface area contributed by atoms with E-state index in [-0.39, 0.29) is 0 Å². The van der Waals surface area contributed by atoms with Crippen LogP contribution in [0.2, 0.25) is 0 Å². The number of hydrogen-bond acceptors (Lipinski definition) is 3. The minimum atomic E-state index is 0.621. The molecule has 0 saturated heterocycles. The summed E-state index contributed by atoms with van der Waals surface area (Å²) in [4.78, 5) is 6.59. The van der Waals surface area contributed by atoms with E-state index >= 15 is 0 Å². The van der Waals surface area contributed by atoms with Crippen molar-refractivity contribution in [2.24, 2.45) is 0 Å². The zero-order valence-corrected chi connectivity index (χ0v) is 10.9. The van der Waals surface area contributed by atoms with Crippen LogP contribution in [0.4, 0.5) is 0 Å². The third-order valence-corrected chi connectivity index (χ3v) is 3.47. The van der Waals surface area contributed by atoms with Crippen LogP contribution in [0.5, 0.6) is 0 Å². The molecule has 0 amide bonds. The lowest BCUT2D eigenvalue weighted by atomic mass is 10.1. The third-order valence-electron chi connectivity index (χ3n) is 3.47. The summed E-state index contributed by atoms with van der Waals surface area (Å²) in [5.41, 5.74) is 1.29. The predicted molar refractivity (Wildman–Crippen MR) is 70.8 cm³/mol. The van der Waals surface area contributed by atoms with Crippen LogP contribution in [0.3, 0.4) is 0 Å². The highest BCUT2D eigenvalue weighted by molar-refractivity contribution is 5.08. The Labute approximate surface area is 104 Å². The summed E-state index contributed by atoms with van der Waals surface area (Å²) in [5.74, 6) is 0. The van der Waals surface area contributed by atoms with E-state index < -0.39 is 0 Å². The van der Waals surface area contributed by atoms with Crippen LogP contribution in [0.15, 0.2) is 24.5 Å². The van der Waals surface area contributed by atoms with Gasteiger partial charge in [0, 0.05) is 37.6 Å². The maximum absolute atomic E-state index is 4.16. The Kier molecular flexibility index (Phi) is 4.51. The van der Waals surface area contributed by atoms with Crippen molar-refractivity contribution in [2.45, 2.75) is 44.8 Å². The molecule has 3 nitrogen and oxygen atoms in total. The Morgan fingerprint density at radius 2 is 2.35 bits per heavy atom. The van der Waals surface area contributed by atoms with Crippen molar-refractivity contribution in [3.63, 3.8) is 0 Å². The molecule has 0 aromatic carbocycles. The number of rotatable bonds is 7. The molecule has 0 bridgehead atoms. The highest BCUT2D eigenvalue weighted by Crippen LogP contribution is 2.19. The molecule has 1 aromatic rings. The lowest BCUT2D eigenvalue weighted by Crippen LogP contribution is -2.40. The first-order chi connectivity index (χ1) is 8.29. The van der Waals surface area contributed by atoms with Crippen LogP contribution < -0.4 is 5.32 Å². The number of pyridine rings is 1. The van der Waals surface area contributed by atoms with Gasteiger partial charge in [-0.1, -0.05) is 13.0 Å². The molecule has 0 aliphatic heterocycles. The van der Waals surface area contributed by atoms with E-state index in [1.54, 1.807) is 0 Å². The van der Waals surface area contributed by atoms with Crippen LogP contribution in [-0.2, 0) is 6.54 Å². The quantitative estimate of drug-likeness (QED) is 0.781. The zero-order chi connectivity index (χ0) is 12.1. The number of aromatic nitrogens is 1. The van der Waals surface area contributed by atoms with Crippen molar-refractivity contribution >= 4 is 0 Å². The summed E-state index contributed by atoms with van der Waals surface area (Å²) in [6, 6.07) is 5.57. The van der Waals surface area contributed by atoms with Gasteiger partial charge in [0.2, 0.25) is 0 Å². The topological polar surface area (TPSA) is 28.2 Å². The molecule has 1 heterocycles. The van der Waals surface area contributed by atoms with Gasteiger partial charge in [-0.25, -0.2) is 0 Å². The Balaban J connectivity index is 1.80. The van der Waals surface area contributed by atoms with E-state index in [0.717, 1.165) is 19.1 Å². The zero-order valence-electron chi connectivity index (χ0n) is 10.9. The summed E-state index contributed by atoms with van der Waals surface area (Å²) >= 11 is 0. The standard InChI is InChI=1S/C14H23N3/c1-3-14(10-16-13-6-7-13)17(2)11-12-5-4-8-15-9-12/h4-5,8-9,13-14,16H,3,6-7,10-11H2,1-2H3. The molecule has 1 fully saturated rings. The summed E-state index contributed by atoms with van der Waals surface area (Å²) in [6.07, 6.45) is 7.70. The smallest absolute Gasteiger partial charge is 0.0312 e. The summed E-state index contributed by atoms with van der Waals surface area (Å²) in [5, 5.41) is 3.62. The average molecular weight is 233 g/mol. The molecular weight excluding hydrogens is 210 g/mol. The average Bonchev–Trinajstić information content (AvgIpc) is 3.15. The van der Waals surface area contributed by atoms with Crippen molar-refractivity contribution in [1.82, 2.24) is 15.2 Å². The molecule has 0 radical (unpaired) electrons. The fraction of sp³-hybridized carbons (Fsp3) is 0.643. The summed E-state index contributed by atoms with van der Waals surface area (Å²) < 4.78 is 0. The van der Waals surface area contributed by atoms with E-state index in [9.17, 15) is 0 Å². The molecule has 1 aliphatic carbocycles. The van der Waals surface area contributed by atoms with Crippen LogP contribution in [0, 0.1) is 0 Å². The van der Waals surface area contributed by atoms with Crippen LogP contribution in [-0.4, -0.2) is 35.6 Å². The Hall–Kier alpha value is -0.930. The second-order valence-electron chi connectivity index (χ2n) is 5.02. The first kappa shape index (κ1) is 12.5. The predicted octanol–water partition coefficient (Wildman–Crippen LogP) is 2.04. The van der Waals surface area contributed by atoms with Crippen LogP contribution in [0.25, 0.3) is 0 Å². The molecular formula is C14H23N3. The molecule has 1 saturated carbocycles. The fourth-order valence-electron chi connectivity index (χ4n) is 2.11. The number of hydrogen-bond donors (Lipinski definition) is 1. The molecule has 1 atom stereocenters. The molecule has 1 N–H and O–H groups in total. The van der Waals surface area contributed by atoms with E-state index in [1.165, 1.54) is 24.8 Å². The normalized spacial score (nSPS) is 17.4. The SMILES string of the molecule is CCC(CNC1CC1)N(C)Cc1cccnc1. The Morgan fingerprint density at radius 3 is 2.94 bits per heavy atom. The van der Waals surface area contributed by atoms with Gasteiger partial charge >= 0.3 is 0 Å². The molecule has 1 aliphatic rings. The van der Waals surface area contributed by atoms with E-state index in [1.807, 2.05) is 18.5 Å². The molecule has 17 heavy (non-hydrogen) atoms. The minimum Gasteiger partial charge on any atom is -0.312 e. The maximum Gasteiger partial charge on any atom is 0.0312 e. The second-order valence-corrected chi connectivity index (χ2v) is 5.02. The molecule has 94 valence electrons. The third kappa shape index (κ3) is 4.10. The fourth-order valence-corrected chi connectivity index (χ4v) is 2.11. The van der Waals surface area contributed by atoms with E-state index in [4.69, 9.17) is 0 Å². The van der Waals surface area contributed by atoms with Gasteiger partial charge < -0.3 is 5.32 Å². The lowest BCUT2D eigenvalue weighted by molar-refractivity contribution is 0.221. The van der Waals surface area contributed by atoms with Gasteiger partial charge in [-0.15, -0.1) is 0 Å². The van der Waals surface area contributed by atoms with Gasteiger partial charge in [0.25, 0.3) is 0 Å².